The fourth-order valence-corrected chi connectivity index (χ4v) is 2.98. The SMILES string of the molecule is COc1ccc(OC(=O)c2ccc(N3C(=O)c4ccccc4C3=O)cc2)cc1. The minimum absolute atomic E-state index is 0.302. The van der Waals surface area contributed by atoms with Crippen LogP contribution >= 0.6 is 0 Å². The van der Waals surface area contributed by atoms with Crippen LogP contribution in [0.5, 0.6) is 11.5 Å². The van der Waals surface area contributed by atoms with E-state index in [1.165, 1.54) is 12.1 Å². The number of anilines is 1. The van der Waals surface area contributed by atoms with Gasteiger partial charge < -0.3 is 9.47 Å². The second kappa shape index (κ2) is 7.00. The maximum atomic E-state index is 12.5. The van der Waals surface area contributed by atoms with Crippen LogP contribution in [0.2, 0.25) is 0 Å². The number of esters is 1. The predicted octanol–water partition coefficient (Wildman–Crippen LogP) is 3.72. The number of hydrogen-bond donors (Lipinski definition) is 0. The fraction of sp³-hybridized carbons (Fsp3) is 0.0455. The minimum atomic E-state index is -0.543. The first-order valence-corrected chi connectivity index (χ1v) is 8.52. The highest BCUT2D eigenvalue weighted by Crippen LogP contribution is 2.28. The van der Waals surface area contributed by atoms with E-state index in [1.54, 1.807) is 67.8 Å². The van der Waals surface area contributed by atoms with Gasteiger partial charge in [-0.1, -0.05) is 12.1 Å². The Labute approximate surface area is 160 Å². The van der Waals surface area contributed by atoms with E-state index in [4.69, 9.17) is 9.47 Å². The molecule has 0 fully saturated rings. The van der Waals surface area contributed by atoms with Gasteiger partial charge in [0.25, 0.3) is 11.8 Å². The Morgan fingerprint density at radius 2 is 1.29 bits per heavy atom. The number of nitrogens with zero attached hydrogens (tertiary/aromatic N) is 1. The molecule has 0 spiro atoms. The molecular formula is C22H15NO5. The van der Waals surface area contributed by atoms with E-state index in [1.807, 2.05) is 0 Å². The number of ether oxygens (including phenoxy) is 2. The van der Waals surface area contributed by atoms with Gasteiger partial charge in [-0.05, 0) is 60.7 Å². The lowest BCUT2D eigenvalue weighted by atomic mass is 10.1. The van der Waals surface area contributed by atoms with Crippen molar-refractivity contribution in [2.75, 3.05) is 12.0 Å². The van der Waals surface area contributed by atoms with Crippen molar-refractivity contribution in [2.24, 2.45) is 0 Å². The van der Waals surface area contributed by atoms with E-state index in [9.17, 15) is 14.4 Å². The Hall–Kier alpha value is -3.93. The summed E-state index contributed by atoms with van der Waals surface area (Å²) in [7, 11) is 1.55. The maximum absolute atomic E-state index is 12.5. The molecule has 0 radical (unpaired) electrons. The van der Waals surface area contributed by atoms with E-state index in [0.29, 0.717) is 33.9 Å². The van der Waals surface area contributed by atoms with E-state index in [0.717, 1.165) is 4.90 Å². The Morgan fingerprint density at radius 1 is 0.750 bits per heavy atom. The zero-order valence-electron chi connectivity index (χ0n) is 14.9. The average molecular weight is 373 g/mol. The van der Waals surface area contributed by atoms with Gasteiger partial charge in [-0.25, -0.2) is 9.69 Å². The molecule has 2 amide bonds. The van der Waals surface area contributed by atoms with Crippen LogP contribution in [0.1, 0.15) is 31.1 Å². The molecule has 0 bridgehead atoms. The van der Waals surface area contributed by atoms with Crippen LogP contribution in [0.15, 0.2) is 72.8 Å². The number of hydrogen-bond acceptors (Lipinski definition) is 5. The van der Waals surface area contributed by atoms with Crippen molar-refractivity contribution in [3.05, 3.63) is 89.5 Å². The smallest absolute Gasteiger partial charge is 0.343 e. The highest BCUT2D eigenvalue weighted by atomic mass is 16.5. The second-order valence-electron chi connectivity index (χ2n) is 6.10. The lowest BCUT2D eigenvalue weighted by Crippen LogP contribution is -2.29. The highest BCUT2D eigenvalue weighted by molar-refractivity contribution is 6.34. The van der Waals surface area contributed by atoms with E-state index < -0.39 is 5.97 Å². The summed E-state index contributed by atoms with van der Waals surface area (Å²) in [5.41, 5.74) is 1.44. The van der Waals surface area contributed by atoms with Gasteiger partial charge in [0.05, 0.1) is 29.5 Å². The number of carbonyl (C=O) groups excluding carboxylic acids is 3. The summed E-state index contributed by atoms with van der Waals surface area (Å²) in [6.07, 6.45) is 0. The van der Waals surface area contributed by atoms with Gasteiger partial charge in [0.2, 0.25) is 0 Å². The van der Waals surface area contributed by atoms with Gasteiger partial charge in [0, 0.05) is 0 Å². The Kier molecular flexibility index (Phi) is 4.37. The van der Waals surface area contributed by atoms with Crippen LogP contribution in [0.3, 0.4) is 0 Å². The van der Waals surface area contributed by atoms with Crippen molar-refractivity contribution < 1.29 is 23.9 Å². The molecule has 3 aromatic carbocycles. The van der Waals surface area contributed by atoms with Gasteiger partial charge in [0.15, 0.2) is 0 Å². The third kappa shape index (κ3) is 3.01. The number of fused-ring (bicyclic) bond motifs is 1. The van der Waals surface area contributed by atoms with Crippen molar-refractivity contribution in [3.8, 4) is 11.5 Å². The van der Waals surface area contributed by atoms with Gasteiger partial charge in [-0.15, -0.1) is 0 Å². The predicted molar refractivity (Wildman–Crippen MR) is 102 cm³/mol. The third-order valence-electron chi connectivity index (χ3n) is 4.43. The molecule has 1 heterocycles. The lowest BCUT2D eigenvalue weighted by molar-refractivity contribution is 0.0734. The van der Waals surface area contributed by atoms with E-state index in [2.05, 4.69) is 0 Å². The first-order valence-electron chi connectivity index (χ1n) is 8.52. The Bertz CT molecular complexity index is 1040. The molecule has 1 aliphatic heterocycles. The van der Waals surface area contributed by atoms with Crippen molar-refractivity contribution in [3.63, 3.8) is 0 Å². The molecule has 0 N–H and O–H groups in total. The molecule has 0 aromatic heterocycles. The minimum Gasteiger partial charge on any atom is -0.497 e. The van der Waals surface area contributed by atoms with Crippen LogP contribution in [0.25, 0.3) is 0 Å². The molecule has 0 saturated carbocycles. The molecule has 0 aliphatic carbocycles. The first-order chi connectivity index (χ1) is 13.6. The molecule has 6 heteroatoms. The molecule has 0 atom stereocenters. The normalized spacial score (nSPS) is 12.7. The molecule has 4 rings (SSSR count). The molecule has 0 unspecified atom stereocenters. The first kappa shape index (κ1) is 17.5. The van der Waals surface area contributed by atoms with Crippen LogP contribution in [0.4, 0.5) is 5.69 Å². The summed E-state index contributed by atoms with van der Waals surface area (Å²) < 4.78 is 10.4. The number of amides is 2. The van der Waals surface area contributed by atoms with Gasteiger partial charge in [-0.2, -0.15) is 0 Å². The van der Waals surface area contributed by atoms with Crippen LogP contribution < -0.4 is 14.4 Å². The molecule has 1 aliphatic rings. The van der Waals surface area contributed by atoms with Crippen molar-refractivity contribution in [1.82, 2.24) is 0 Å². The number of methoxy groups -OCH3 is 1. The fourth-order valence-electron chi connectivity index (χ4n) is 2.98. The van der Waals surface area contributed by atoms with Crippen molar-refractivity contribution >= 4 is 23.5 Å². The van der Waals surface area contributed by atoms with Crippen molar-refractivity contribution in [2.45, 2.75) is 0 Å². The highest BCUT2D eigenvalue weighted by Gasteiger charge is 2.36. The Morgan fingerprint density at radius 3 is 1.82 bits per heavy atom. The van der Waals surface area contributed by atoms with Crippen LogP contribution in [0, 0.1) is 0 Å². The summed E-state index contributed by atoms with van der Waals surface area (Å²) in [6, 6.07) is 19.4. The monoisotopic (exact) mass is 373 g/mol. The summed E-state index contributed by atoms with van der Waals surface area (Å²) in [6.45, 7) is 0. The van der Waals surface area contributed by atoms with E-state index in [-0.39, 0.29) is 11.8 Å². The zero-order chi connectivity index (χ0) is 19.7. The third-order valence-corrected chi connectivity index (χ3v) is 4.43. The van der Waals surface area contributed by atoms with E-state index >= 15 is 0 Å². The van der Waals surface area contributed by atoms with Crippen LogP contribution in [-0.2, 0) is 0 Å². The number of rotatable bonds is 4. The molecule has 3 aromatic rings. The molecule has 0 saturated heterocycles. The molecular weight excluding hydrogens is 358 g/mol. The number of benzene rings is 3. The van der Waals surface area contributed by atoms with Gasteiger partial charge in [0.1, 0.15) is 11.5 Å². The standard InChI is InChI=1S/C22H15NO5/c1-27-16-10-12-17(13-11-16)28-22(26)14-6-8-15(9-7-14)23-20(24)18-4-2-3-5-19(18)21(23)25/h2-13H,1H3. The number of imide groups is 1. The van der Waals surface area contributed by atoms with Gasteiger partial charge in [-0.3, -0.25) is 9.59 Å². The second-order valence-corrected chi connectivity index (χ2v) is 6.10. The quantitative estimate of drug-likeness (QED) is 0.396. The number of carbonyl (C=O) groups is 3. The summed E-state index contributed by atoms with van der Waals surface area (Å²) in [5.74, 6) is -0.261. The Balaban J connectivity index is 1.52. The summed E-state index contributed by atoms with van der Waals surface area (Å²) in [5, 5.41) is 0. The lowest BCUT2D eigenvalue weighted by Gasteiger charge is -2.14. The van der Waals surface area contributed by atoms with Gasteiger partial charge >= 0.3 is 5.97 Å². The summed E-state index contributed by atoms with van der Waals surface area (Å²) in [4.78, 5) is 38.5. The summed E-state index contributed by atoms with van der Waals surface area (Å²) >= 11 is 0. The molecule has 138 valence electrons. The van der Waals surface area contributed by atoms with Crippen LogP contribution in [-0.4, -0.2) is 24.9 Å². The van der Waals surface area contributed by atoms with Crippen molar-refractivity contribution in [1.29, 1.82) is 0 Å². The zero-order valence-corrected chi connectivity index (χ0v) is 14.9. The molecule has 6 nitrogen and oxygen atoms in total. The molecule has 28 heavy (non-hydrogen) atoms. The maximum Gasteiger partial charge on any atom is 0.343 e. The average Bonchev–Trinajstić information content (AvgIpc) is 2.99. The largest absolute Gasteiger partial charge is 0.497 e. The topological polar surface area (TPSA) is 72.9 Å².